The summed E-state index contributed by atoms with van der Waals surface area (Å²) in [5, 5.41) is 2.96. The zero-order chi connectivity index (χ0) is 16.5. The van der Waals surface area contributed by atoms with Gasteiger partial charge in [0.25, 0.3) is 5.91 Å². The molecule has 0 saturated carbocycles. The average molecular weight is 309 g/mol. The second-order valence-electron chi connectivity index (χ2n) is 5.34. The first kappa shape index (κ1) is 16.8. The van der Waals surface area contributed by atoms with Crippen LogP contribution >= 0.6 is 0 Å². The molecule has 0 saturated heterocycles. The van der Waals surface area contributed by atoms with Crippen molar-refractivity contribution in [2.45, 2.75) is 26.2 Å². The van der Waals surface area contributed by atoms with Crippen LogP contribution in [0.3, 0.4) is 0 Å². The number of para-hydroxylation sites is 2. The van der Waals surface area contributed by atoms with E-state index in [0.29, 0.717) is 11.4 Å². The molecule has 0 aliphatic rings. The summed E-state index contributed by atoms with van der Waals surface area (Å²) in [6.45, 7) is 2.12. The van der Waals surface area contributed by atoms with Crippen LogP contribution in [0, 0.1) is 0 Å². The van der Waals surface area contributed by atoms with Gasteiger partial charge in [-0.15, -0.1) is 0 Å². The molecule has 0 atom stereocenters. The Bertz CT molecular complexity index is 662. The van der Waals surface area contributed by atoms with Gasteiger partial charge in [0.15, 0.2) is 0 Å². The molecule has 0 spiro atoms. The highest BCUT2D eigenvalue weighted by atomic mass is 16.5. The molecule has 3 nitrogen and oxygen atoms in total. The molecular formula is C20H23NO2. The van der Waals surface area contributed by atoms with Crippen LogP contribution < -0.4 is 10.1 Å². The Morgan fingerprint density at radius 2 is 1.78 bits per heavy atom. The van der Waals surface area contributed by atoms with Crippen LogP contribution in [0.2, 0.25) is 0 Å². The van der Waals surface area contributed by atoms with E-state index in [4.69, 9.17) is 4.74 Å². The van der Waals surface area contributed by atoms with Gasteiger partial charge in [-0.25, -0.2) is 0 Å². The van der Waals surface area contributed by atoms with Crippen molar-refractivity contribution in [2.24, 2.45) is 0 Å². The summed E-state index contributed by atoms with van der Waals surface area (Å²) in [6, 6.07) is 17.4. The SMILES string of the molecule is CCCC/C(=C/c1ccccc1)C(=O)Nc1ccccc1OC. The molecule has 23 heavy (non-hydrogen) atoms. The fourth-order valence-corrected chi connectivity index (χ4v) is 2.32. The van der Waals surface area contributed by atoms with E-state index in [1.54, 1.807) is 7.11 Å². The predicted molar refractivity (Wildman–Crippen MR) is 95.6 cm³/mol. The van der Waals surface area contributed by atoms with Gasteiger partial charge in [0, 0.05) is 5.57 Å². The largest absolute Gasteiger partial charge is 0.495 e. The van der Waals surface area contributed by atoms with Gasteiger partial charge >= 0.3 is 0 Å². The Morgan fingerprint density at radius 3 is 2.48 bits per heavy atom. The van der Waals surface area contributed by atoms with Crippen molar-refractivity contribution in [1.82, 2.24) is 0 Å². The zero-order valence-electron chi connectivity index (χ0n) is 13.7. The van der Waals surface area contributed by atoms with E-state index < -0.39 is 0 Å². The molecule has 0 fully saturated rings. The smallest absolute Gasteiger partial charge is 0.251 e. The lowest BCUT2D eigenvalue weighted by Gasteiger charge is -2.12. The average Bonchev–Trinajstić information content (AvgIpc) is 2.60. The Hall–Kier alpha value is -2.55. The highest BCUT2D eigenvalue weighted by molar-refractivity contribution is 6.07. The van der Waals surface area contributed by atoms with Crippen LogP contribution in [-0.2, 0) is 4.79 Å². The third kappa shape index (κ3) is 4.99. The minimum absolute atomic E-state index is 0.0770. The van der Waals surface area contributed by atoms with Gasteiger partial charge in [0.1, 0.15) is 5.75 Å². The van der Waals surface area contributed by atoms with Crippen molar-refractivity contribution in [3.63, 3.8) is 0 Å². The molecule has 2 rings (SSSR count). The molecule has 0 aliphatic carbocycles. The summed E-state index contributed by atoms with van der Waals surface area (Å²) in [6.07, 6.45) is 4.75. The van der Waals surface area contributed by atoms with Crippen LogP contribution in [-0.4, -0.2) is 13.0 Å². The molecule has 2 aromatic carbocycles. The molecule has 1 amide bonds. The van der Waals surface area contributed by atoms with Gasteiger partial charge in [0.05, 0.1) is 12.8 Å². The van der Waals surface area contributed by atoms with Crippen LogP contribution in [0.15, 0.2) is 60.2 Å². The highest BCUT2D eigenvalue weighted by Crippen LogP contribution is 2.24. The maximum Gasteiger partial charge on any atom is 0.251 e. The first-order valence-corrected chi connectivity index (χ1v) is 7.94. The number of amides is 1. The maximum absolute atomic E-state index is 12.7. The number of hydrogen-bond acceptors (Lipinski definition) is 2. The van der Waals surface area contributed by atoms with Crippen molar-refractivity contribution in [3.8, 4) is 5.75 Å². The fraction of sp³-hybridized carbons (Fsp3) is 0.250. The molecule has 0 radical (unpaired) electrons. The van der Waals surface area contributed by atoms with Crippen molar-refractivity contribution in [2.75, 3.05) is 12.4 Å². The third-order valence-electron chi connectivity index (χ3n) is 3.59. The number of carbonyl (C=O) groups excluding carboxylic acids is 1. The van der Waals surface area contributed by atoms with Crippen molar-refractivity contribution in [3.05, 3.63) is 65.7 Å². The fourth-order valence-electron chi connectivity index (χ4n) is 2.32. The van der Waals surface area contributed by atoms with Gasteiger partial charge in [0.2, 0.25) is 0 Å². The summed E-state index contributed by atoms with van der Waals surface area (Å²) in [4.78, 5) is 12.7. The molecule has 2 aromatic rings. The minimum atomic E-state index is -0.0770. The second-order valence-corrected chi connectivity index (χ2v) is 5.34. The lowest BCUT2D eigenvalue weighted by atomic mass is 10.0. The normalized spacial score (nSPS) is 11.1. The van der Waals surface area contributed by atoms with E-state index in [-0.39, 0.29) is 5.91 Å². The number of benzene rings is 2. The first-order valence-electron chi connectivity index (χ1n) is 7.94. The van der Waals surface area contributed by atoms with Crippen LogP contribution in [0.1, 0.15) is 31.7 Å². The molecule has 0 aliphatic heterocycles. The lowest BCUT2D eigenvalue weighted by molar-refractivity contribution is -0.112. The molecule has 0 heterocycles. The van der Waals surface area contributed by atoms with Crippen molar-refractivity contribution in [1.29, 1.82) is 0 Å². The van der Waals surface area contributed by atoms with Crippen LogP contribution in [0.25, 0.3) is 6.08 Å². The van der Waals surface area contributed by atoms with Gasteiger partial charge in [-0.1, -0.05) is 55.8 Å². The Morgan fingerprint density at radius 1 is 1.09 bits per heavy atom. The topological polar surface area (TPSA) is 38.3 Å². The van der Waals surface area contributed by atoms with E-state index >= 15 is 0 Å². The van der Waals surface area contributed by atoms with Crippen molar-refractivity contribution >= 4 is 17.7 Å². The second kappa shape index (κ2) is 8.79. The number of anilines is 1. The van der Waals surface area contributed by atoms with Crippen LogP contribution in [0.5, 0.6) is 5.75 Å². The van der Waals surface area contributed by atoms with Crippen molar-refractivity contribution < 1.29 is 9.53 Å². The number of hydrogen-bond donors (Lipinski definition) is 1. The van der Waals surface area contributed by atoms with E-state index in [2.05, 4.69) is 12.2 Å². The van der Waals surface area contributed by atoms with E-state index in [1.807, 2.05) is 60.7 Å². The van der Waals surface area contributed by atoms with Gasteiger partial charge < -0.3 is 10.1 Å². The third-order valence-corrected chi connectivity index (χ3v) is 3.59. The monoisotopic (exact) mass is 309 g/mol. The standard InChI is InChI=1S/C20H23NO2/c1-3-4-12-17(15-16-10-6-5-7-11-16)20(22)21-18-13-8-9-14-19(18)23-2/h5-11,13-15H,3-4,12H2,1-2H3,(H,21,22)/b17-15-. The first-order chi connectivity index (χ1) is 11.2. The highest BCUT2D eigenvalue weighted by Gasteiger charge is 2.12. The van der Waals surface area contributed by atoms with Gasteiger partial charge in [-0.05, 0) is 36.6 Å². The number of carbonyl (C=O) groups is 1. The number of nitrogens with one attached hydrogen (secondary N) is 1. The van der Waals surface area contributed by atoms with Crippen LogP contribution in [0.4, 0.5) is 5.69 Å². The summed E-state index contributed by atoms with van der Waals surface area (Å²) >= 11 is 0. The van der Waals surface area contributed by atoms with E-state index in [1.165, 1.54) is 0 Å². The minimum Gasteiger partial charge on any atom is -0.495 e. The molecular weight excluding hydrogens is 286 g/mol. The molecule has 1 N–H and O–H groups in total. The predicted octanol–water partition coefficient (Wildman–Crippen LogP) is 4.91. The summed E-state index contributed by atoms with van der Waals surface area (Å²) < 4.78 is 5.29. The Balaban J connectivity index is 2.21. The van der Waals surface area contributed by atoms with Gasteiger partial charge in [-0.3, -0.25) is 4.79 Å². The summed E-state index contributed by atoms with van der Waals surface area (Å²) in [5.41, 5.74) is 2.51. The zero-order valence-corrected chi connectivity index (χ0v) is 13.7. The number of rotatable bonds is 7. The molecule has 3 heteroatoms. The molecule has 0 bridgehead atoms. The molecule has 0 aromatic heterocycles. The number of unbranched alkanes of at least 4 members (excludes halogenated alkanes) is 1. The Labute approximate surface area is 138 Å². The van der Waals surface area contributed by atoms with E-state index in [0.717, 1.165) is 30.4 Å². The number of ether oxygens (including phenoxy) is 1. The molecule has 0 unspecified atom stereocenters. The van der Waals surface area contributed by atoms with Gasteiger partial charge in [-0.2, -0.15) is 0 Å². The quantitative estimate of drug-likeness (QED) is 0.738. The van der Waals surface area contributed by atoms with E-state index in [9.17, 15) is 4.79 Å². The number of methoxy groups -OCH3 is 1. The summed E-state index contributed by atoms with van der Waals surface area (Å²) in [7, 11) is 1.60. The Kier molecular flexibility index (Phi) is 6.42. The molecule has 120 valence electrons. The maximum atomic E-state index is 12.7. The lowest BCUT2D eigenvalue weighted by Crippen LogP contribution is -2.15. The summed E-state index contributed by atoms with van der Waals surface area (Å²) in [5.74, 6) is 0.585.